The highest BCUT2D eigenvalue weighted by atomic mass is 19.4. The molecule has 0 aliphatic heterocycles. The maximum absolute atomic E-state index is 13.8. The third-order valence-corrected chi connectivity index (χ3v) is 9.15. The average Bonchev–Trinajstić information content (AvgIpc) is 3.10. The quantitative estimate of drug-likeness (QED) is 0.173. The third kappa shape index (κ3) is 4.87. The molecule has 0 aliphatic carbocycles. The first-order valence-corrected chi connectivity index (χ1v) is 15.7. The van der Waals surface area contributed by atoms with Gasteiger partial charge in [0.1, 0.15) is 0 Å². The minimum atomic E-state index is -4.43. The van der Waals surface area contributed by atoms with E-state index in [-0.39, 0.29) is 0 Å². The van der Waals surface area contributed by atoms with Gasteiger partial charge in [0.15, 0.2) is 0 Å². The van der Waals surface area contributed by atoms with Crippen LogP contribution in [0.2, 0.25) is 0 Å². The zero-order chi connectivity index (χ0) is 32.1. The number of halogens is 3. The highest BCUT2D eigenvalue weighted by Gasteiger charge is 2.31. The van der Waals surface area contributed by atoms with Gasteiger partial charge in [-0.05, 0) is 95.9 Å². The topological polar surface area (TPSA) is 0 Å². The van der Waals surface area contributed by atoms with Gasteiger partial charge in [-0.15, -0.1) is 0 Å². The molecule has 0 aliphatic rings. The molecule has 3 heteroatoms. The number of benzene rings is 8. The Morgan fingerprint density at radius 3 is 0.979 bits per heavy atom. The molecule has 0 heterocycles. The summed E-state index contributed by atoms with van der Waals surface area (Å²) in [5.41, 5.74) is 8.64. The highest BCUT2D eigenvalue weighted by Crippen LogP contribution is 2.53. The zero-order valence-electron chi connectivity index (χ0n) is 25.6. The summed E-state index contributed by atoms with van der Waals surface area (Å²) in [6, 6.07) is 51.9. The van der Waals surface area contributed by atoms with Crippen molar-refractivity contribution in [1.82, 2.24) is 0 Å². The average molecular weight is 615 g/mol. The van der Waals surface area contributed by atoms with Crippen LogP contribution in [0.1, 0.15) is 11.1 Å². The SMILES string of the molecule is Cc1ccc(-c2c3ccccc3c(-c3ccccc3)c3c(-c4ccc(C(F)(F)F)cc4)c4ccccc4c(-c4ccccc4)c23)cc1. The minimum absolute atomic E-state index is 0.662. The van der Waals surface area contributed by atoms with Crippen LogP contribution in [0.15, 0.2) is 158 Å². The normalized spacial score (nSPS) is 11.8. The molecule has 0 nitrogen and oxygen atoms in total. The summed E-state index contributed by atoms with van der Waals surface area (Å²) in [5, 5.41) is 6.33. The predicted octanol–water partition coefficient (Wildman–Crippen LogP) is 13.1. The molecule has 0 N–H and O–H groups in total. The van der Waals surface area contributed by atoms with Crippen molar-refractivity contribution in [2.24, 2.45) is 0 Å². The molecule has 0 saturated heterocycles. The van der Waals surface area contributed by atoms with Crippen molar-refractivity contribution in [2.75, 3.05) is 0 Å². The van der Waals surface area contributed by atoms with Crippen LogP contribution in [0, 0.1) is 6.92 Å². The van der Waals surface area contributed by atoms with Gasteiger partial charge in [0.25, 0.3) is 0 Å². The fourth-order valence-corrected chi connectivity index (χ4v) is 7.08. The van der Waals surface area contributed by atoms with Crippen LogP contribution in [0.3, 0.4) is 0 Å². The van der Waals surface area contributed by atoms with Crippen molar-refractivity contribution < 1.29 is 13.2 Å². The Kier molecular flexibility index (Phi) is 6.91. The van der Waals surface area contributed by atoms with Crippen LogP contribution in [0.4, 0.5) is 13.2 Å². The number of hydrogen-bond acceptors (Lipinski definition) is 0. The van der Waals surface area contributed by atoms with Gasteiger partial charge in [0.2, 0.25) is 0 Å². The van der Waals surface area contributed by atoms with E-state index in [0.29, 0.717) is 0 Å². The zero-order valence-corrected chi connectivity index (χ0v) is 25.6. The van der Waals surface area contributed by atoms with E-state index in [4.69, 9.17) is 0 Å². The van der Waals surface area contributed by atoms with Crippen LogP contribution in [-0.4, -0.2) is 0 Å². The summed E-state index contributed by atoms with van der Waals surface area (Å²) in [6.07, 6.45) is -4.43. The molecule has 0 atom stereocenters. The largest absolute Gasteiger partial charge is 0.416 e. The Balaban J connectivity index is 1.70. The maximum Gasteiger partial charge on any atom is 0.416 e. The number of hydrogen-bond donors (Lipinski definition) is 0. The van der Waals surface area contributed by atoms with Crippen LogP contribution in [0.25, 0.3) is 76.8 Å². The van der Waals surface area contributed by atoms with E-state index in [1.165, 1.54) is 17.7 Å². The van der Waals surface area contributed by atoms with Gasteiger partial charge in [0, 0.05) is 0 Å². The summed E-state index contributed by atoms with van der Waals surface area (Å²) in [7, 11) is 0. The summed E-state index contributed by atoms with van der Waals surface area (Å²) in [6.45, 7) is 2.09. The Hall–Kier alpha value is -5.67. The minimum Gasteiger partial charge on any atom is -0.166 e. The van der Waals surface area contributed by atoms with E-state index < -0.39 is 11.7 Å². The van der Waals surface area contributed by atoms with E-state index in [1.807, 2.05) is 36.4 Å². The van der Waals surface area contributed by atoms with E-state index in [1.54, 1.807) is 12.1 Å². The van der Waals surface area contributed by atoms with Gasteiger partial charge in [-0.1, -0.05) is 151 Å². The number of fused-ring (bicyclic) bond motifs is 3. The predicted molar refractivity (Wildman–Crippen MR) is 190 cm³/mol. The smallest absolute Gasteiger partial charge is 0.166 e. The number of alkyl halides is 3. The monoisotopic (exact) mass is 614 g/mol. The molecule has 226 valence electrons. The molecule has 8 aromatic rings. The molecule has 8 rings (SSSR count). The van der Waals surface area contributed by atoms with Crippen molar-refractivity contribution in [3.63, 3.8) is 0 Å². The second-order valence-corrected chi connectivity index (χ2v) is 12.0. The highest BCUT2D eigenvalue weighted by molar-refractivity contribution is 6.33. The molecule has 0 spiro atoms. The molecule has 0 aromatic heterocycles. The molecule has 8 aromatic carbocycles. The standard InChI is InChI=1S/C44H29F3/c1-28-20-22-31(23-21-28)40-36-18-10-8-16-34(36)39(30-14-6-3-7-15-30)43-41(32-24-26-33(27-25-32)44(45,46)47)37-19-11-9-17-35(37)38(42(40)43)29-12-4-2-5-13-29/h2-27H,1H3. The summed E-state index contributed by atoms with van der Waals surface area (Å²) < 4.78 is 41.4. The van der Waals surface area contributed by atoms with Crippen LogP contribution < -0.4 is 0 Å². The van der Waals surface area contributed by atoms with Crippen LogP contribution in [0.5, 0.6) is 0 Å². The van der Waals surface area contributed by atoms with Gasteiger partial charge < -0.3 is 0 Å². The lowest BCUT2D eigenvalue weighted by Crippen LogP contribution is -2.04. The number of rotatable bonds is 4. The molecule has 0 amide bonds. The van der Waals surface area contributed by atoms with Gasteiger partial charge in [-0.3, -0.25) is 0 Å². The lowest BCUT2D eigenvalue weighted by atomic mass is 9.77. The van der Waals surface area contributed by atoms with E-state index in [0.717, 1.165) is 76.8 Å². The van der Waals surface area contributed by atoms with Crippen molar-refractivity contribution >= 4 is 32.3 Å². The van der Waals surface area contributed by atoms with Gasteiger partial charge >= 0.3 is 6.18 Å². The second kappa shape index (κ2) is 11.3. The van der Waals surface area contributed by atoms with Crippen molar-refractivity contribution in [2.45, 2.75) is 13.1 Å². The van der Waals surface area contributed by atoms with E-state index >= 15 is 0 Å². The first-order valence-electron chi connectivity index (χ1n) is 15.7. The molecule has 0 fully saturated rings. The Morgan fingerprint density at radius 1 is 0.340 bits per heavy atom. The maximum atomic E-state index is 13.8. The third-order valence-electron chi connectivity index (χ3n) is 9.15. The Bertz CT molecular complexity index is 2400. The molecule has 0 bridgehead atoms. The fourth-order valence-electron chi connectivity index (χ4n) is 7.08. The molecule has 47 heavy (non-hydrogen) atoms. The van der Waals surface area contributed by atoms with E-state index in [2.05, 4.69) is 104 Å². The Labute approximate surface area is 271 Å². The summed E-state index contributed by atoms with van der Waals surface area (Å²) >= 11 is 0. The first kappa shape index (κ1) is 28.8. The molecule has 0 radical (unpaired) electrons. The van der Waals surface area contributed by atoms with Gasteiger partial charge in [-0.2, -0.15) is 13.2 Å². The first-order chi connectivity index (χ1) is 22.9. The van der Waals surface area contributed by atoms with E-state index in [9.17, 15) is 13.2 Å². The lowest BCUT2D eigenvalue weighted by molar-refractivity contribution is -0.137. The molecule has 0 unspecified atom stereocenters. The van der Waals surface area contributed by atoms with Crippen molar-refractivity contribution in [1.29, 1.82) is 0 Å². The summed E-state index contributed by atoms with van der Waals surface area (Å²) in [4.78, 5) is 0. The fraction of sp³-hybridized carbons (Fsp3) is 0.0455. The van der Waals surface area contributed by atoms with Gasteiger partial charge in [-0.25, -0.2) is 0 Å². The van der Waals surface area contributed by atoms with Gasteiger partial charge in [0.05, 0.1) is 5.56 Å². The number of aryl methyl sites for hydroxylation is 1. The lowest BCUT2D eigenvalue weighted by Gasteiger charge is -2.25. The van der Waals surface area contributed by atoms with Crippen molar-refractivity contribution in [3.05, 3.63) is 169 Å². The van der Waals surface area contributed by atoms with Crippen LogP contribution in [-0.2, 0) is 6.18 Å². The summed E-state index contributed by atoms with van der Waals surface area (Å²) in [5.74, 6) is 0. The molecular formula is C44H29F3. The second-order valence-electron chi connectivity index (χ2n) is 12.0. The Morgan fingerprint density at radius 2 is 0.638 bits per heavy atom. The molecular weight excluding hydrogens is 585 g/mol. The van der Waals surface area contributed by atoms with Crippen molar-refractivity contribution in [3.8, 4) is 44.5 Å². The molecule has 0 saturated carbocycles. The van der Waals surface area contributed by atoms with Crippen LogP contribution >= 0.6 is 0 Å².